The highest BCUT2D eigenvalue weighted by molar-refractivity contribution is 8.14. The molecule has 0 aromatic heterocycles. The van der Waals surface area contributed by atoms with Crippen molar-refractivity contribution in [3.8, 4) is 5.75 Å². The Hall–Kier alpha value is -2.07. The molecule has 1 aliphatic heterocycles. The van der Waals surface area contributed by atoms with E-state index in [0.717, 1.165) is 4.31 Å². The SMILES string of the molecule is CCOc1ccccc1N=C1SCC(C)N1C(=O)c1ccc(Cl)c(S(=O)(=O)N(C)C)c1. The molecule has 1 saturated heterocycles. The second-order valence-electron chi connectivity index (χ2n) is 7.06. The number of hydrogen-bond donors (Lipinski definition) is 0. The number of halogens is 1. The van der Waals surface area contributed by atoms with Crippen molar-refractivity contribution in [3.63, 3.8) is 0 Å². The molecule has 0 saturated carbocycles. The van der Waals surface area contributed by atoms with Crippen LogP contribution in [-0.2, 0) is 10.0 Å². The lowest BCUT2D eigenvalue weighted by molar-refractivity contribution is 0.0828. The summed E-state index contributed by atoms with van der Waals surface area (Å²) >= 11 is 7.60. The van der Waals surface area contributed by atoms with E-state index < -0.39 is 10.0 Å². The molecular weight excluding hydrogens is 458 g/mol. The molecule has 31 heavy (non-hydrogen) atoms. The van der Waals surface area contributed by atoms with E-state index in [1.54, 1.807) is 4.90 Å². The number of benzene rings is 2. The molecule has 1 atom stereocenters. The number of hydrogen-bond acceptors (Lipinski definition) is 6. The number of para-hydroxylation sites is 2. The first-order chi connectivity index (χ1) is 14.7. The fourth-order valence-electron chi connectivity index (χ4n) is 3.00. The number of sulfonamides is 1. The minimum atomic E-state index is -3.80. The van der Waals surface area contributed by atoms with Gasteiger partial charge in [0, 0.05) is 31.5 Å². The first kappa shape index (κ1) is 23.6. The number of carbonyl (C=O) groups excluding carboxylic acids is 1. The molecule has 0 N–H and O–H groups in total. The second-order valence-corrected chi connectivity index (χ2v) is 10.6. The van der Waals surface area contributed by atoms with E-state index >= 15 is 0 Å². The van der Waals surface area contributed by atoms with Crippen LogP contribution in [0.25, 0.3) is 0 Å². The lowest BCUT2D eigenvalue weighted by atomic mass is 10.2. The third-order valence-corrected chi connectivity index (χ3v) is 8.13. The Kier molecular flexibility index (Phi) is 7.31. The number of amidine groups is 1. The number of nitrogens with zero attached hydrogens (tertiary/aromatic N) is 3. The summed E-state index contributed by atoms with van der Waals surface area (Å²) in [5, 5.41) is 0.602. The van der Waals surface area contributed by atoms with Crippen molar-refractivity contribution in [1.82, 2.24) is 9.21 Å². The molecule has 1 fully saturated rings. The Labute approximate surface area is 192 Å². The van der Waals surface area contributed by atoms with Gasteiger partial charge in [-0.25, -0.2) is 17.7 Å². The van der Waals surface area contributed by atoms with Crippen LogP contribution < -0.4 is 4.74 Å². The number of rotatable bonds is 6. The van der Waals surface area contributed by atoms with Gasteiger partial charge in [-0.15, -0.1) is 0 Å². The van der Waals surface area contributed by atoms with Crippen LogP contribution in [0, 0.1) is 0 Å². The first-order valence-corrected chi connectivity index (χ1v) is 12.5. The summed E-state index contributed by atoms with van der Waals surface area (Å²) in [4.78, 5) is 19.5. The molecule has 10 heteroatoms. The summed E-state index contributed by atoms with van der Waals surface area (Å²) in [6.45, 7) is 4.32. The zero-order valence-corrected chi connectivity index (χ0v) is 20.1. The van der Waals surface area contributed by atoms with E-state index in [-0.39, 0.29) is 27.4 Å². The zero-order valence-electron chi connectivity index (χ0n) is 17.7. The van der Waals surface area contributed by atoms with E-state index in [4.69, 9.17) is 16.3 Å². The Balaban J connectivity index is 2.01. The van der Waals surface area contributed by atoms with Crippen molar-refractivity contribution in [2.45, 2.75) is 24.8 Å². The van der Waals surface area contributed by atoms with Gasteiger partial charge in [0.1, 0.15) is 16.3 Å². The van der Waals surface area contributed by atoms with Gasteiger partial charge in [0.25, 0.3) is 5.91 Å². The third-order valence-electron chi connectivity index (χ3n) is 4.64. The lowest BCUT2D eigenvalue weighted by Gasteiger charge is -2.22. The molecule has 166 valence electrons. The van der Waals surface area contributed by atoms with Gasteiger partial charge in [-0.1, -0.05) is 35.5 Å². The molecule has 0 spiro atoms. The molecule has 2 aromatic carbocycles. The Morgan fingerprint density at radius 1 is 1.29 bits per heavy atom. The van der Waals surface area contributed by atoms with Crippen LogP contribution in [0.4, 0.5) is 5.69 Å². The van der Waals surface area contributed by atoms with Crippen molar-refractivity contribution in [2.75, 3.05) is 26.5 Å². The van der Waals surface area contributed by atoms with Crippen molar-refractivity contribution in [3.05, 3.63) is 53.1 Å². The van der Waals surface area contributed by atoms with Gasteiger partial charge >= 0.3 is 0 Å². The van der Waals surface area contributed by atoms with Crippen LogP contribution in [0.5, 0.6) is 5.75 Å². The molecule has 3 rings (SSSR count). The van der Waals surface area contributed by atoms with Gasteiger partial charge in [-0.05, 0) is 44.2 Å². The van der Waals surface area contributed by atoms with Gasteiger partial charge in [0.15, 0.2) is 5.17 Å². The summed E-state index contributed by atoms with van der Waals surface area (Å²) < 4.78 is 31.9. The van der Waals surface area contributed by atoms with Crippen LogP contribution in [0.1, 0.15) is 24.2 Å². The molecule has 0 bridgehead atoms. The van der Waals surface area contributed by atoms with Gasteiger partial charge in [0.05, 0.1) is 11.6 Å². The topological polar surface area (TPSA) is 79.3 Å². The molecule has 1 aliphatic rings. The molecule has 2 aromatic rings. The fourth-order valence-corrected chi connectivity index (χ4v) is 5.50. The van der Waals surface area contributed by atoms with E-state index in [1.165, 1.54) is 44.1 Å². The normalized spacial score (nSPS) is 18.1. The summed E-state index contributed by atoms with van der Waals surface area (Å²) in [6, 6.07) is 11.5. The standard InChI is InChI=1S/C21H24ClN3O4S2/c1-5-29-18-9-7-6-8-17(18)23-21-25(14(2)13-30-21)20(26)15-10-11-16(22)19(12-15)31(27,28)24(3)4/h6-12,14H,5,13H2,1-4H3. The monoisotopic (exact) mass is 481 g/mol. The summed E-state index contributed by atoms with van der Waals surface area (Å²) in [7, 11) is -0.963. The van der Waals surface area contributed by atoms with Crippen LogP contribution >= 0.6 is 23.4 Å². The van der Waals surface area contributed by atoms with Gasteiger partial charge in [0.2, 0.25) is 10.0 Å². The molecule has 7 nitrogen and oxygen atoms in total. The molecule has 0 radical (unpaired) electrons. The van der Waals surface area contributed by atoms with Crippen molar-refractivity contribution in [2.24, 2.45) is 4.99 Å². The molecular formula is C21H24ClN3O4S2. The molecule has 1 heterocycles. The molecule has 0 aliphatic carbocycles. The number of aliphatic imine (C=N–C) groups is 1. The van der Waals surface area contributed by atoms with Crippen molar-refractivity contribution < 1.29 is 17.9 Å². The highest BCUT2D eigenvalue weighted by Gasteiger charge is 2.34. The highest BCUT2D eigenvalue weighted by Crippen LogP contribution is 2.33. The predicted octanol–water partition coefficient (Wildman–Crippen LogP) is 4.25. The van der Waals surface area contributed by atoms with E-state index in [0.29, 0.717) is 29.0 Å². The Bertz CT molecular complexity index is 1120. The second kappa shape index (κ2) is 9.60. The average molecular weight is 482 g/mol. The van der Waals surface area contributed by atoms with E-state index in [2.05, 4.69) is 4.99 Å². The zero-order chi connectivity index (χ0) is 22.8. The summed E-state index contributed by atoms with van der Waals surface area (Å²) in [5.74, 6) is 0.977. The largest absolute Gasteiger partial charge is 0.492 e. The van der Waals surface area contributed by atoms with Crippen LogP contribution in [0.2, 0.25) is 5.02 Å². The minimum absolute atomic E-state index is 0.0635. The third kappa shape index (κ3) is 4.90. The maximum Gasteiger partial charge on any atom is 0.260 e. The Morgan fingerprint density at radius 3 is 2.68 bits per heavy atom. The first-order valence-electron chi connectivity index (χ1n) is 9.65. The van der Waals surface area contributed by atoms with Crippen LogP contribution in [0.15, 0.2) is 52.4 Å². The molecule has 1 amide bonds. The predicted molar refractivity (Wildman–Crippen MR) is 125 cm³/mol. The lowest BCUT2D eigenvalue weighted by Crippen LogP contribution is -2.37. The Morgan fingerprint density at radius 2 is 2.00 bits per heavy atom. The van der Waals surface area contributed by atoms with Crippen molar-refractivity contribution >= 4 is 50.1 Å². The summed E-state index contributed by atoms with van der Waals surface area (Å²) in [5.41, 5.74) is 0.857. The van der Waals surface area contributed by atoms with Crippen LogP contribution in [0.3, 0.4) is 0 Å². The number of ether oxygens (including phenoxy) is 1. The van der Waals surface area contributed by atoms with E-state index in [9.17, 15) is 13.2 Å². The van der Waals surface area contributed by atoms with Crippen LogP contribution in [-0.4, -0.2) is 61.2 Å². The van der Waals surface area contributed by atoms with Crippen molar-refractivity contribution in [1.29, 1.82) is 0 Å². The maximum atomic E-state index is 13.4. The summed E-state index contributed by atoms with van der Waals surface area (Å²) in [6.07, 6.45) is 0. The molecule has 1 unspecified atom stereocenters. The quantitative estimate of drug-likeness (QED) is 0.616. The average Bonchev–Trinajstić information content (AvgIpc) is 3.09. The number of amides is 1. The smallest absolute Gasteiger partial charge is 0.260 e. The highest BCUT2D eigenvalue weighted by atomic mass is 35.5. The van der Waals surface area contributed by atoms with Gasteiger partial charge in [-0.3, -0.25) is 9.69 Å². The number of carbonyl (C=O) groups is 1. The van der Waals surface area contributed by atoms with E-state index in [1.807, 2.05) is 38.1 Å². The maximum absolute atomic E-state index is 13.4. The van der Waals surface area contributed by atoms with Gasteiger partial charge < -0.3 is 4.74 Å². The van der Waals surface area contributed by atoms with Gasteiger partial charge in [-0.2, -0.15) is 0 Å². The minimum Gasteiger partial charge on any atom is -0.492 e. The fraction of sp³-hybridized carbons (Fsp3) is 0.333. The number of thioether (sulfide) groups is 1.